The molecule has 0 atom stereocenters. The van der Waals surface area contributed by atoms with Crippen molar-refractivity contribution in [3.63, 3.8) is 0 Å². The third-order valence-electron chi connectivity index (χ3n) is 3.25. The zero-order valence-corrected chi connectivity index (χ0v) is 11.5. The Morgan fingerprint density at radius 2 is 1.95 bits per heavy atom. The summed E-state index contributed by atoms with van der Waals surface area (Å²) in [4.78, 5) is 27.7. The number of benzene rings is 2. The van der Waals surface area contributed by atoms with E-state index in [1.165, 1.54) is 11.8 Å². The standard InChI is InChI=1S/C15H11NO3S/c1-20-8-6-10-13(11(7-8)15(18)19)16-12-5-3-2-4-9(12)14(10)17/h2-7H,1H3,(H,16,17)(H,18,19). The SMILES string of the molecule is CSc1cc(C(=O)O)c2[nH]c3ccccc3c(=O)c2c1. The molecule has 5 heteroatoms. The highest BCUT2D eigenvalue weighted by Gasteiger charge is 2.14. The van der Waals surface area contributed by atoms with Crippen LogP contribution in [0.15, 0.2) is 46.1 Å². The van der Waals surface area contributed by atoms with E-state index in [4.69, 9.17) is 0 Å². The van der Waals surface area contributed by atoms with Gasteiger partial charge in [-0.15, -0.1) is 11.8 Å². The van der Waals surface area contributed by atoms with Crippen LogP contribution in [-0.4, -0.2) is 22.3 Å². The summed E-state index contributed by atoms with van der Waals surface area (Å²) in [6.45, 7) is 0. The number of fused-ring (bicyclic) bond motifs is 2. The molecule has 0 unspecified atom stereocenters. The minimum atomic E-state index is -1.04. The van der Waals surface area contributed by atoms with Gasteiger partial charge in [0, 0.05) is 21.2 Å². The molecule has 0 spiro atoms. The first kappa shape index (κ1) is 12.7. The first-order valence-electron chi connectivity index (χ1n) is 5.98. The van der Waals surface area contributed by atoms with Crippen LogP contribution in [0.1, 0.15) is 10.4 Å². The van der Waals surface area contributed by atoms with E-state index in [2.05, 4.69) is 4.98 Å². The number of carboxylic acid groups (broad SMARTS) is 1. The van der Waals surface area contributed by atoms with E-state index in [1.807, 2.05) is 6.26 Å². The van der Waals surface area contributed by atoms with Gasteiger partial charge in [0.2, 0.25) is 0 Å². The number of hydrogen-bond donors (Lipinski definition) is 2. The lowest BCUT2D eigenvalue weighted by atomic mass is 10.1. The third kappa shape index (κ3) is 1.87. The van der Waals surface area contributed by atoms with E-state index < -0.39 is 5.97 Å². The summed E-state index contributed by atoms with van der Waals surface area (Å²) >= 11 is 1.41. The topological polar surface area (TPSA) is 70.2 Å². The van der Waals surface area contributed by atoms with Crippen LogP contribution in [0.2, 0.25) is 0 Å². The quantitative estimate of drug-likeness (QED) is 0.560. The zero-order chi connectivity index (χ0) is 14.3. The fraction of sp³-hybridized carbons (Fsp3) is 0.0667. The van der Waals surface area contributed by atoms with E-state index in [9.17, 15) is 14.7 Å². The second kappa shape index (κ2) is 4.68. The molecule has 3 rings (SSSR count). The average molecular weight is 285 g/mol. The van der Waals surface area contributed by atoms with Crippen LogP contribution in [0.5, 0.6) is 0 Å². The second-order valence-electron chi connectivity index (χ2n) is 4.40. The fourth-order valence-electron chi connectivity index (χ4n) is 2.29. The van der Waals surface area contributed by atoms with Crippen molar-refractivity contribution in [2.75, 3.05) is 6.26 Å². The third-order valence-corrected chi connectivity index (χ3v) is 3.96. The van der Waals surface area contributed by atoms with Crippen LogP contribution in [0, 0.1) is 0 Å². The maximum atomic E-state index is 12.5. The fourth-order valence-corrected chi connectivity index (χ4v) is 2.76. The number of thioether (sulfide) groups is 1. The van der Waals surface area contributed by atoms with Gasteiger partial charge in [-0.3, -0.25) is 4.79 Å². The summed E-state index contributed by atoms with van der Waals surface area (Å²) in [6, 6.07) is 10.4. The predicted octanol–water partition coefficient (Wildman–Crippen LogP) is 3.10. The molecule has 100 valence electrons. The van der Waals surface area contributed by atoms with Crippen molar-refractivity contribution >= 4 is 39.5 Å². The Balaban J connectivity index is 2.57. The lowest BCUT2D eigenvalue weighted by Crippen LogP contribution is -2.08. The van der Waals surface area contributed by atoms with Gasteiger partial charge in [-0.05, 0) is 30.5 Å². The van der Waals surface area contributed by atoms with Gasteiger partial charge in [0.05, 0.1) is 11.1 Å². The number of carboxylic acids is 1. The van der Waals surface area contributed by atoms with Gasteiger partial charge in [0.15, 0.2) is 5.43 Å². The van der Waals surface area contributed by atoms with Crippen molar-refractivity contribution in [1.82, 2.24) is 4.98 Å². The minimum Gasteiger partial charge on any atom is -0.478 e. The molecule has 0 fully saturated rings. The van der Waals surface area contributed by atoms with Crippen molar-refractivity contribution in [1.29, 1.82) is 0 Å². The Morgan fingerprint density at radius 3 is 2.65 bits per heavy atom. The van der Waals surface area contributed by atoms with Crippen molar-refractivity contribution < 1.29 is 9.90 Å². The summed E-state index contributed by atoms with van der Waals surface area (Å²) in [7, 11) is 0. The van der Waals surface area contributed by atoms with Crippen LogP contribution in [-0.2, 0) is 0 Å². The molecule has 1 heterocycles. The largest absolute Gasteiger partial charge is 0.478 e. The Labute approximate surface area is 118 Å². The van der Waals surface area contributed by atoms with Crippen molar-refractivity contribution in [3.05, 3.63) is 52.2 Å². The molecule has 0 saturated carbocycles. The van der Waals surface area contributed by atoms with Gasteiger partial charge in [-0.2, -0.15) is 0 Å². The minimum absolute atomic E-state index is 0.120. The van der Waals surface area contributed by atoms with Crippen molar-refractivity contribution in [3.8, 4) is 0 Å². The van der Waals surface area contributed by atoms with Crippen molar-refractivity contribution in [2.45, 2.75) is 4.90 Å². The Morgan fingerprint density at radius 1 is 1.20 bits per heavy atom. The highest BCUT2D eigenvalue weighted by Crippen LogP contribution is 2.25. The lowest BCUT2D eigenvalue weighted by molar-refractivity contribution is 0.0698. The molecule has 2 N–H and O–H groups in total. The Kier molecular flexibility index (Phi) is 2.99. The molecular formula is C15H11NO3S. The predicted molar refractivity (Wildman–Crippen MR) is 80.8 cm³/mol. The number of carbonyl (C=O) groups is 1. The van der Waals surface area contributed by atoms with Crippen LogP contribution in [0.4, 0.5) is 0 Å². The number of aromatic nitrogens is 1. The van der Waals surface area contributed by atoms with E-state index in [1.54, 1.807) is 36.4 Å². The highest BCUT2D eigenvalue weighted by atomic mass is 32.2. The van der Waals surface area contributed by atoms with E-state index in [-0.39, 0.29) is 11.0 Å². The monoisotopic (exact) mass is 285 g/mol. The number of rotatable bonds is 2. The number of H-pyrrole nitrogens is 1. The smallest absolute Gasteiger partial charge is 0.337 e. The first-order valence-corrected chi connectivity index (χ1v) is 7.20. The maximum Gasteiger partial charge on any atom is 0.337 e. The molecule has 0 aliphatic rings. The number of hydrogen-bond acceptors (Lipinski definition) is 3. The first-order chi connectivity index (χ1) is 9.61. The molecule has 3 aromatic rings. The molecule has 4 nitrogen and oxygen atoms in total. The Bertz CT molecular complexity index is 899. The molecule has 0 bridgehead atoms. The number of para-hydroxylation sites is 1. The van der Waals surface area contributed by atoms with Crippen LogP contribution in [0.25, 0.3) is 21.8 Å². The van der Waals surface area contributed by atoms with Crippen molar-refractivity contribution in [2.24, 2.45) is 0 Å². The van der Waals surface area contributed by atoms with Crippen LogP contribution >= 0.6 is 11.8 Å². The maximum absolute atomic E-state index is 12.5. The summed E-state index contributed by atoms with van der Waals surface area (Å²) in [5, 5.41) is 10.3. The molecule has 0 aliphatic carbocycles. The molecule has 1 aromatic heterocycles. The normalized spacial score (nSPS) is 11.1. The van der Waals surface area contributed by atoms with Gasteiger partial charge in [-0.1, -0.05) is 12.1 Å². The zero-order valence-electron chi connectivity index (χ0n) is 10.6. The molecule has 0 radical (unpaired) electrons. The lowest BCUT2D eigenvalue weighted by Gasteiger charge is -2.07. The molecular weight excluding hydrogens is 274 g/mol. The second-order valence-corrected chi connectivity index (χ2v) is 5.28. The molecule has 20 heavy (non-hydrogen) atoms. The Hall–Kier alpha value is -2.27. The van der Waals surface area contributed by atoms with Gasteiger partial charge < -0.3 is 10.1 Å². The average Bonchev–Trinajstić information content (AvgIpc) is 2.46. The molecule has 0 amide bonds. The number of pyridine rings is 1. The summed E-state index contributed by atoms with van der Waals surface area (Å²) in [6.07, 6.45) is 1.85. The molecule has 0 aliphatic heterocycles. The van der Waals surface area contributed by atoms with Crippen LogP contribution in [0.3, 0.4) is 0 Å². The number of nitrogens with one attached hydrogen (secondary N) is 1. The van der Waals surface area contributed by atoms with Gasteiger partial charge in [0.25, 0.3) is 0 Å². The van der Waals surface area contributed by atoms with E-state index >= 15 is 0 Å². The van der Waals surface area contributed by atoms with Gasteiger partial charge in [0.1, 0.15) is 0 Å². The van der Waals surface area contributed by atoms with Gasteiger partial charge in [-0.25, -0.2) is 4.79 Å². The molecule has 0 saturated heterocycles. The van der Waals surface area contributed by atoms with Gasteiger partial charge >= 0.3 is 5.97 Å². The van der Waals surface area contributed by atoms with E-state index in [0.717, 1.165) is 4.90 Å². The summed E-state index contributed by atoms with van der Waals surface area (Å²) in [5.74, 6) is -1.04. The van der Waals surface area contributed by atoms with E-state index in [0.29, 0.717) is 21.8 Å². The number of aromatic carboxylic acids is 1. The summed E-state index contributed by atoms with van der Waals surface area (Å²) in [5.41, 5.74) is 0.992. The van der Waals surface area contributed by atoms with Crippen LogP contribution < -0.4 is 5.43 Å². The molecule has 2 aromatic carbocycles. The number of aromatic amines is 1. The highest BCUT2D eigenvalue weighted by molar-refractivity contribution is 7.98. The summed E-state index contributed by atoms with van der Waals surface area (Å²) < 4.78 is 0.